The molecule has 0 unspecified atom stereocenters. The third kappa shape index (κ3) is 5.41. The number of rotatable bonds is 8. The van der Waals surface area contributed by atoms with E-state index in [1.807, 2.05) is 6.07 Å². The number of carbonyl (C=O) groups excluding carboxylic acids is 2. The van der Waals surface area contributed by atoms with Gasteiger partial charge >= 0.3 is 5.97 Å². The lowest BCUT2D eigenvalue weighted by atomic mass is 10.0. The highest BCUT2D eigenvalue weighted by Crippen LogP contribution is 2.10. The molecule has 0 aliphatic carbocycles. The van der Waals surface area contributed by atoms with E-state index in [1.165, 1.54) is 21.8 Å². The Kier molecular flexibility index (Phi) is 6.61. The molecule has 3 rings (SSSR count). The second-order valence-electron chi connectivity index (χ2n) is 6.64. The Balaban J connectivity index is 1.57. The van der Waals surface area contributed by atoms with E-state index in [0.717, 1.165) is 0 Å². The Morgan fingerprint density at radius 3 is 2.72 bits per heavy atom. The minimum Gasteiger partial charge on any atom is -0.484 e. The van der Waals surface area contributed by atoms with Crippen LogP contribution in [-0.4, -0.2) is 33.9 Å². The summed E-state index contributed by atoms with van der Waals surface area (Å²) in [6.45, 7) is 3.23. The molecule has 0 aliphatic heterocycles. The molecule has 0 fully saturated rings. The van der Waals surface area contributed by atoms with Crippen LogP contribution in [0.4, 0.5) is 0 Å². The molecule has 0 saturated heterocycles. The van der Waals surface area contributed by atoms with E-state index in [9.17, 15) is 14.4 Å². The number of nitrogens with zero attached hydrogens (tertiary/aromatic N) is 2. The molecule has 9 heteroatoms. The van der Waals surface area contributed by atoms with Crippen molar-refractivity contribution in [2.24, 2.45) is 5.92 Å². The van der Waals surface area contributed by atoms with E-state index < -0.39 is 17.9 Å². The van der Waals surface area contributed by atoms with Gasteiger partial charge in [-0.3, -0.25) is 14.0 Å². The molecule has 3 aromatic rings. The highest BCUT2D eigenvalue weighted by Gasteiger charge is 2.26. The van der Waals surface area contributed by atoms with Crippen LogP contribution < -0.4 is 15.6 Å². The van der Waals surface area contributed by atoms with Crippen LogP contribution in [0.25, 0.3) is 4.96 Å². The summed E-state index contributed by atoms with van der Waals surface area (Å²) in [7, 11) is 0. The minimum absolute atomic E-state index is 0.151. The van der Waals surface area contributed by atoms with Crippen molar-refractivity contribution >= 4 is 28.2 Å². The zero-order chi connectivity index (χ0) is 20.8. The summed E-state index contributed by atoms with van der Waals surface area (Å²) in [5.74, 6) is -0.656. The Hall–Kier alpha value is -3.20. The maximum atomic E-state index is 12.5. The van der Waals surface area contributed by atoms with Crippen molar-refractivity contribution in [1.29, 1.82) is 0 Å². The first-order valence-electron chi connectivity index (χ1n) is 9.03. The molecular formula is C20H21N3O5S. The van der Waals surface area contributed by atoms with Gasteiger partial charge in [-0.05, 0) is 18.1 Å². The van der Waals surface area contributed by atoms with Gasteiger partial charge in [0.1, 0.15) is 18.4 Å². The van der Waals surface area contributed by atoms with Gasteiger partial charge in [0.05, 0.1) is 5.69 Å². The summed E-state index contributed by atoms with van der Waals surface area (Å²) < 4.78 is 12.1. The highest BCUT2D eigenvalue weighted by molar-refractivity contribution is 7.15. The number of ether oxygens (including phenoxy) is 2. The standard InChI is InChI=1S/C20H21N3O5S/c1-13(2)18(22-16(24)12-27-15-6-4-3-5-7-15)19(26)28-11-14-10-17(25)23-8-9-29-20(23)21-14/h3-10,13,18H,11-12H2,1-2H3,(H,22,24)/t18-/m0/s1. The third-order valence-corrected chi connectivity index (χ3v) is 4.83. The van der Waals surface area contributed by atoms with Crippen LogP contribution in [0.1, 0.15) is 19.5 Å². The van der Waals surface area contributed by atoms with Crippen LogP contribution >= 0.6 is 11.3 Å². The average Bonchev–Trinajstić information content (AvgIpc) is 3.18. The minimum atomic E-state index is -0.839. The van der Waals surface area contributed by atoms with Crippen LogP contribution in [0, 0.1) is 5.92 Å². The van der Waals surface area contributed by atoms with E-state index in [4.69, 9.17) is 9.47 Å². The van der Waals surface area contributed by atoms with Crippen molar-refractivity contribution in [1.82, 2.24) is 14.7 Å². The lowest BCUT2D eigenvalue weighted by molar-refractivity contribution is -0.150. The van der Waals surface area contributed by atoms with Crippen molar-refractivity contribution in [2.45, 2.75) is 26.5 Å². The molecule has 1 aromatic carbocycles. The highest BCUT2D eigenvalue weighted by atomic mass is 32.1. The van der Waals surface area contributed by atoms with Crippen LogP contribution in [0.5, 0.6) is 5.75 Å². The Morgan fingerprint density at radius 2 is 2.00 bits per heavy atom. The number of thiazole rings is 1. The summed E-state index contributed by atoms with van der Waals surface area (Å²) in [4.78, 5) is 41.5. The van der Waals surface area contributed by atoms with Gasteiger partial charge < -0.3 is 14.8 Å². The smallest absolute Gasteiger partial charge is 0.329 e. The van der Waals surface area contributed by atoms with Crippen molar-refractivity contribution in [3.8, 4) is 5.75 Å². The fraction of sp³-hybridized carbons (Fsp3) is 0.300. The fourth-order valence-corrected chi connectivity index (χ4v) is 3.31. The molecule has 8 nitrogen and oxygen atoms in total. The molecule has 2 heterocycles. The van der Waals surface area contributed by atoms with Crippen LogP contribution in [0.3, 0.4) is 0 Å². The second-order valence-corrected chi connectivity index (χ2v) is 7.51. The molecule has 0 aliphatic rings. The van der Waals surface area contributed by atoms with Gasteiger partial charge in [-0.25, -0.2) is 9.78 Å². The normalized spacial score (nSPS) is 12.0. The third-order valence-electron chi connectivity index (χ3n) is 4.07. The van der Waals surface area contributed by atoms with Crippen LogP contribution in [0.2, 0.25) is 0 Å². The monoisotopic (exact) mass is 415 g/mol. The lowest BCUT2D eigenvalue weighted by Gasteiger charge is -2.20. The molecule has 0 radical (unpaired) electrons. The van der Waals surface area contributed by atoms with E-state index in [0.29, 0.717) is 16.4 Å². The molecule has 2 aromatic heterocycles. The summed E-state index contributed by atoms with van der Waals surface area (Å²) in [6.07, 6.45) is 1.63. The van der Waals surface area contributed by atoms with Crippen molar-refractivity contribution in [2.75, 3.05) is 6.61 Å². The maximum absolute atomic E-state index is 12.5. The number of amides is 1. The Bertz CT molecular complexity index is 1040. The van der Waals surface area contributed by atoms with Gasteiger partial charge in [0.25, 0.3) is 11.5 Å². The SMILES string of the molecule is CC(C)[C@H](NC(=O)COc1ccccc1)C(=O)OCc1cc(=O)n2ccsc2n1. The average molecular weight is 415 g/mol. The lowest BCUT2D eigenvalue weighted by Crippen LogP contribution is -2.46. The molecule has 0 saturated carbocycles. The number of hydrogen-bond acceptors (Lipinski definition) is 7. The van der Waals surface area contributed by atoms with Gasteiger partial charge in [0.2, 0.25) is 0 Å². The molecule has 29 heavy (non-hydrogen) atoms. The zero-order valence-corrected chi connectivity index (χ0v) is 16.8. The molecule has 1 N–H and O–H groups in total. The predicted octanol–water partition coefficient (Wildman–Crippen LogP) is 2.02. The van der Waals surface area contributed by atoms with Gasteiger partial charge in [-0.1, -0.05) is 32.0 Å². The maximum Gasteiger partial charge on any atom is 0.329 e. The fourth-order valence-electron chi connectivity index (χ4n) is 2.58. The number of aromatic nitrogens is 2. The number of fused-ring (bicyclic) bond motifs is 1. The molecule has 0 spiro atoms. The first-order chi connectivity index (χ1) is 13.9. The molecule has 1 atom stereocenters. The number of esters is 1. The van der Waals surface area contributed by atoms with Crippen molar-refractivity contribution in [3.05, 3.63) is 64.0 Å². The zero-order valence-electron chi connectivity index (χ0n) is 16.0. The largest absolute Gasteiger partial charge is 0.484 e. The Labute approximate surface area is 171 Å². The van der Waals surface area contributed by atoms with E-state index >= 15 is 0 Å². The predicted molar refractivity (Wildman–Crippen MR) is 108 cm³/mol. The number of carbonyl (C=O) groups is 2. The first kappa shape index (κ1) is 20.5. The second kappa shape index (κ2) is 9.33. The van der Waals surface area contributed by atoms with Gasteiger partial charge in [0.15, 0.2) is 11.6 Å². The topological polar surface area (TPSA) is 99.0 Å². The number of para-hydroxylation sites is 1. The Morgan fingerprint density at radius 1 is 1.24 bits per heavy atom. The van der Waals surface area contributed by atoms with E-state index in [1.54, 1.807) is 49.7 Å². The van der Waals surface area contributed by atoms with Gasteiger partial charge in [0, 0.05) is 17.6 Å². The number of nitrogens with one attached hydrogen (secondary N) is 1. The molecule has 152 valence electrons. The van der Waals surface area contributed by atoms with Gasteiger partial charge in [-0.15, -0.1) is 11.3 Å². The molecule has 1 amide bonds. The number of benzene rings is 1. The van der Waals surface area contributed by atoms with Crippen molar-refractivity contribution in [3.63, 3.8) is 0 Å². The summed E-state index contributed by atoms with van der Waals surface area (Å²) in [6, 6.07) is 9.40. The van der Waals surface area contributed by atoms with Crippen LogP contribution in [0.15, 0.2) is 52.8 Å². The van der Waals surface area contributed by atoms with Crippen LogP contribution in [-0.2, 0) is 20.9 Å². The molecule has 0 bridgehead atoms. The van der Waals surface area contributed by atoms with Crippen molar-refractivity contribution < 1.29 is 19.1 Å². The first-order valence-corrected chi connectivity index (χ1v) is 9.91. The summed E-state index contributed by atoms with van der Waals surface area (Å²) in [5, 5.41) is 4.39. The van der Waals surface area contributed by atoms with Gasteiger partial charge in [-0.2, -0.15) is 0 Å². The van der Waals surface area contributed by atoms with E-state index in [-0.39, 0.29) is 24.7 Å². The quantitative estimate of drug-likeness (QED) is 0.565. The summed E-state index contributed by atoms with van der Waals surface area (Å²) >= 11 is 1.31. The van der Waals surface area contributed by atoms with E-state index in [2.05, 4.69) is 10.3 Å². The summed E-state index contributed by atoms with van der Waals surface area (Å²) in [5.41, 5.74) is 0.112. The molecular weight excluding hydrogens is 394 g/mol. The number of hydrogen-bond donors (Lipinski definition) is 1.